The number of hydrogen-bond acceptors (Lipinski definition) is 2. The number of hydrogen-bond donors (Lipinski definition) is 1. The molecule has 3 nitrogen and oxygen atoms in total. The molecule has 0 heterocycles. The molecule has 0 unspecified atom stereocenters. The van der Waals surface area contributed by atoms with Crippen molar-refractivity contribution in [2.45, 2.75) is 27.3 Å². The van der Waals surface area contributed by atoms with Crippen molar-refractivity contribution in [2.24, 2.45) is 0 Å². The fourth-order valence-electron chi connectivity index (χ4n) is 2.40. The fourth-order valence-corrected chi connectivity index (χ4v) is 2.40. The van der Waals surface area contributed by atoms with E-state index in [2.05, 4.69) is 42.3 Å². The molecule has 22 heavy (non-hydrogen) atoms. The number of rotatable bonds is 6. The first-order chi connectivity index (χ1) is 10.6. The van der Waals surface area contributed by atoms with E-state index in [4.69, 9.17) is 0 Å². The molecule has 0 aromatic heterocycles. The van der Waals surface area contributed by atoms with Crippen LogP contribution in [-0.4, -0.2) is 23.9 Å². The van der Waals surface area contributed by atoms with Gasteiger partial charge in [-0.15, -0.1) is 0 Å². The second-order valence-electron chi connectivity index (χ2n) is 5.58. The molecule has 2 aromatic carbocycles. The zero-order valence-corrected chi connectivity index (χ0v) is 13.6. The van der Waals surface area contributed by atoms with Gasteiger partial charge < -0.3 is 5.32 Å². The first kappa shape index (κ1) is 16.2. The lowest BCUT2D eigenvalue weighted by molar-refractivity contribution is -0.117. The predicted molar refractivity (Wildman–Crippen MR) is 91.9 cm³/mol. The van der Waals surface area contributed by atoms with E-state index >= 15 is 0 Å². The highest BCUT2D eigenvalue weighted by Gasteiger charge is 2.11. The minimum atomic E-state index is 0.0338. The van der Waals surface area contributed by atoms with Crippen LogP contribution in [0.2, 0.25) is 0 Å². The van der Waals surface area contributed by atoms with E-state index in [0.29, 0.717) is 6.54 Å². The summed E-state index contributed by atoms with van der Waals surface area (Å²) in [5.74, 6) is 0.0338. The standard InChI is InChI=1S/C19H24N2O/c1-4-21(13-17-10-6-5-7-11-17)14-19(22)20-18-12-8-9-15(2)16(18)3/h5-12H,4,13-14H2,1-3H3,(H,20,22). The summed E-state index contributed by atoms with van der Waals surface area (Å²) < 4.78 is 0. The summed E-state index contributed by atoms with van der Waals surface area (Å²) in [7, 11) is 0. The summed E-state index contributed by atoms with van der Waals surface area (Å²) in [4.78, 5) is 14.4. The van der Waals surface area contributed by atoms with Crippen LogP contribution in [0, 0.1) is 13.8 Å². The quantitative estimate of drug-likeness (QED) is 0.880. The highest BCUT2D eigenvalue weighted by Crippen LogP contribution is 2.17. The van der Waals surface area contributed by atoms with E-state index in [1.54, 1.807) is 0 Å². The molecule has 0 aliphatic carbocycles. The summed E-state index contributed by atoms with van der Waals surface area (Å²) in [6.45, 7) is 8.20. The lowest BCUT2D eigenvalue weighted by Gasteiger charge is -2.20. The molecule has 3 heteroatoms. The molecular weight excluding hydrogens is 272 g/mol. The molecule has 0 aliphatic rings. The van der Waals surface area contributed by atoms with Crippen LogP contribution in [0.3, 0.4) is 0 Å². The van der Waals surface area contributed by atoms with Crippen LogP contribution < -0.4 is 5.32 Å². The van der Waals surface area contributed by atoms with Crippen LogP contribution in [0.15, 0.2) is 48.5 Å². The van der Waals surface area contributed by atoms with E-state index in [1.807, 2.05) is 37.3 Å². The van der Waals surface area contributed by atoms with Gasteiger partial charge in [0.05, 0.1) is 6.54 Å². The second kappa shape index (κ2) is 7.76. The number of aryl methyl sites for hydroxylation is 1. The van der Waals surface area contributed by atoms with Crippen molar-refractivity contribution < 1.29 is 4.79 Å². The highest BCUT2D eigenvalue weighted by atomic mass is 16.2. The lowest BCUT2D eigenvalue weighted by atomic mass is 10.1. The molecule has 0 fully saturated rings. The van der Waals surface area contributed by atoms with Crippen LogP contribution in [0.25, 0.3) is 0 Å². The van der Waals surface area contributed by atoms with Gasteiger partial charge in [0.15, 0.2) is 0 Å². The average molecular weight is 296 g/mol. The van der Waals surface area contributed by atoms with E-state index in [0.717, 1.165) is 24.3 Å². The van der Waals surface area contributed by atoms with Crippen LogP contribution in [0.1, 0.15) is 23.6 Å². The first-order valence-corrected chi connectivity index (χ1v) is 7.72. The maximum atomic E-state index is 12.3. The normalized spacial score (nSPS) is 10.7. The molecule has 1 N–H and O–H groups in total. The van der Waals surface area contributed by atoms with Gasteiger partial charge in [0.1, 0.15) is 0 Å². The van der Waals surface area contributed by atoms with E-state index in [9.17, 15) is 4.79 Å². The third-order valence-corrected chi connectivity index (χ3v) is 3.94. The SMILES string of the molecule is CCN(CC(=O)Nc1cccc(C)c1C)Cc1ccccc1. The van der Waals surface area contributed by atoms with Gasteiger partial charge in [-0.25, -0.2) is 0 Å². The molecule has 1 amide bonds. The maximum absolute atomic E-state index is 12.3. The van der Waals surface area contributed by atoms with Gasteiger partial charge in [0, 0.05) is 12.2 Å². The summed E-state index contributed by atoms with van der Waals surface area (Å²) >= 11 is 0. The number of nitrogens with zero attached hydrogens (tertiary/aromatic N) is 1. The Labute approximate surface area is 133 Å². The van der Waals surface area contributed by atoms with Crippen LogP contribution in [-0.2, 0) is 11.3 Å². The largest absolute Gasteiger partial charge is 0.325 e. The number of anilines is 1. The summed E-state index contributed by atoms with van der Waals surface area (Å²) in [5, 5.41) is 3.02. The zero-order valence-electron chi connectivity index (χ0n) is 13.6. The Morgan fingerprint density at radius 1 is 1.05 bits per heavy atom. The van der Waals surface area contributed by atoms with Gasteiger partial charge in [-0.2, -0.15) is 0 Å². The fraction of sp³-hybridized carbons (Fsp3) is 0.316. The lowest BCUT2D eigenvalue weighted by Crippen LogP contribution is -2.32. The molecule has 2 rings (SSSR count). The van der Waals surface area contributed by atoms with Crippen molar-refractivity contribution in [1.29, 1.82) is 0 Å². The molecule has 116 valence electrons. The molecule has 2 aromatic rings. The summed E-state index contributed by atoms with van der Waals surface area (Å²) in [6, 6.07) is 16.2. The van der Waals surface area contributed by atoms with Crippen LogP contribution >= 0.6 is 0 Å². The molecule has 0 bridgehead atoms. The van der Waals surface area contributed by atoms with Gasteiger partial charge in [0.25, 0.3) is 0 Å². The Bertz CT molecular complexity index is 623. The summed E-state index contributed by atoms with van der Waals surface area (Å²) in [6.07, 6.45) is 0. The zero-order chi connectivity index (χ0) is 15.9. The molecular formula is C19H24N2O. The predicted octanol–water partition coefficient (Wildman–Crippen LogP) is 3.76. The Morgan fingerprint density at radius 2 is 1.77 bits per heavy atom. The molecule has 0 aliphatic heterocycles. The average Bonchev–Trinajstić information content (AvgIpc) is 2.52. The molecule has 0 saturated carbocycles. The Hall–Kier alpha value is -2.13. The number of nitrogens with one attached hydrogen (secondary N) is 1. The number of likely N-dealkylation sites (N-methyl/N-ethyl adjacent to an activating group) is 1. The maximum Gasteiger partial charge on any atom is 0.238 e. The van der Waals surface area contributed by atoms with Gasteiger partial charge in [-0.05, 0) is 43.1 Å². The van der Waals surface area contributed by atoms with Gasteiger partial charge in [0.2, 0.25) is 5.91 Å². The van der Waals surface area contributed by atoms with Crippen molar-refractivity contribution in [1.82, 2.24) is 4.90 Å². The van der Waals surface area contributed by atoms with Crippen molar-refractivity contribution in [3.63, 3.8) is 0 Å². The minimum absolute atomic E-state index is 0.0338. The van der Waals surface area contributed by atoms with Crippen LogP contribution in [0.4, 0.5) is 5.69 Å². The minimum Gasteiger partial charge on any atom is -0.325 e. The Morgan fingerprint density at radius 3 is 2.45 bits per heavy atom. The van der Waals surface area contributed by atoms with Crippen LogP contribution in [0.5, 0.6) is 0 Å². The number of carbonyl (C=O) groups is 1. The van der Waals surface area contributed by atoms with E-state index in [-0.39, 0.29) is 5.91 Å². The number of benzene rings is 2. The van der Waals surface area contributed by atoms with Crippen molar-refractivity contribution in [3.05, 3.63) is 65.2 Å². The van der Waals surface area contributed by atoms with E-state index < -0.39 is 0 Å². The van der Waals surface area contributed by atoms with Gasteiger partial charge in [-0.3, -0.25) is 9.69 Å². The highest BCUT2D eigenvalue weighted by molar-refractivity contribution is 5.93. The third-order valence-electron chi connectivity index (χ3n) is 3.94. The number of carbonyl (C=O) groups excluding carboxylic acids is 1. The molecule has 0 saturated heterocycles. The smallest absolute Gasteiger partial charge is 0.238 e. The Kier molecular flexibility index (Phi) is 5.73. The molecule has 0 spiro atoms. The van der Waals surface area contributed by atoms with Gasteiger partial charge in [-0.1, -0.05) is 49.4 Å². The van der Waals surface area contributed by atoms with Crippen molar-refractivity contribution in [3.8, 4) is 0 Å². The van der Waals surface area contributed by atoms with Crippen molar-refractivity contribution >= 4 is 11.6 Å². The molecule has 0 atom stereocenters. The van der Waals surface area contributed by atoms with E-state index in [1.165, 1.54) is 11.1 Å². The first-order valence-electron chi connectivity index (χ1n) is 7.72. The summed E-state index contributed by atoms with van der Waals surface area (Å²) in [5.41, 5.74) is 4.45. The third kappa shape index (κ3) is 4.43. The monoisotopic (exact) mass is 296 g/mol. The van der Waals surface area contributed by atoms with Crippen molar-refractivity contribution in [2.75, 3.05) is 18.4 Å². The topological polar surface area (TPSA) is 32.3 Å². The van der Waals surface area contributed by atoms with Gasteiger partial charge >= 0.3 is 0 Å². The second-order valence-corrected chi connectivity index (χ2v) is 5.58. The Balaban J connectivity index is 1.96. The number of amides is 1. The molecule has 0 radical (unpaired) electrons.